The van der Waals surface area contributed by atoms with Crippen LogP contribution >= 0.6 is 49.6 Å². The van der Waals surface area contributed by atoms with Gasteiger partial charge in [-0.1, -0.05) is 30.3 Å². The first-order chi connectivity index (χ1) is 20.9. The van der Waals surface area contributed by atoms with Crippen molar-refractivity contribution in [2.24, 2.45) is 11.3 Å². The van der Waals surface area contributed by atoms with Crippen LogP contribution in [0.1, 0.15) is 73.4 Å². The molecule has 10 rings (SSSR count). The largest absolute Gasteiger partial charge is 0.341 e. The van der Waals surface area contributed by atoms with Crippen LogP contribution in [-0.4, -0.2) is 32.5 Å². The number of hydrogen-bond donors (Lipinski definition) is 4. The number of halogens is 6. The minimum atomic E-state index is -3.09. The average Bonchev–Trinajstić information content (AvgIpc) is 3.68. The Balaban J connectivity index is 0.000000966. The summed E-state index contributed by atoms with van der Waals surface area (Å²) in [4.78, 5) is 16.4. The van der Waals surface area contributed by atoms with Gasteiger partial charge in [0.2, 0.25) is 0 Å². The molecule has 4 atom stereocenters. The highest BCUT2D eigenvalue weighted by molar-refractivity contribution is 5.87. The van der Waals surface area contributed by atoms with Gasteiger partial charge in [-0.25, -0.2) is 9.97 Å². The summed E-state index contributed by atoms with van der Waals surface area (Å²) in [6.07, 6.45) is 9.16. The molecular weight excluding hydrogens is 684 g/mol. The van der Waals surface area contributed by atoms with Crippen molar-refractivity contribution >= 4 is 60.7 Å². The van der Waals surface area contributed by atoms with E-state index in [0.29, 0.717) is 28.5 Å². The number of aromatic nitrogens is 4. The highest BCUT2D eigenvalue weighted by Gasteiger charge is 2.49. The van der Waals surface area contributed by atoms with E-state index in [2.05, 4.69) is 25.6 Å². The Kier molecular flexibility index (Phi) is 8.72. The number of nitrogens with one attached hydrogen (secondary N) is 4. The maximum Gasteiger partial charge on any atom is 0.299 e. The standard InChI is InChI=1S/C35H32F2N6.4ClH/c36-35(37)25-12-18(19-4-8-27-28(14-19)42-33(41-27)31-21-1-5-22(11-21)40-31)2-6-23(25)24-7-3-20(13-26(24)35)30-16-38-32(43-30)29-15-34(9-10-34)17-39-29;;;;/h2-4,6-8,12-14,16,21-22,29,31,39-40H,1,5,9-11,15,17H2,(H,38,43)(H,41,42);4*1H/t21-,22+,29-,31-;;;;/m0..../s1. The molecule has 5 aromatic rings. The lowest BCUT2D eigenvalue weighted by molar-refractivity contribution is 0.0481. The third-order valence-electron chi connectivity index (χ3n) is 11.0. The van der Waals surface area contributed by atoms with Gasteiger partial charge in [0.15, 0.2) is 0 Å². The van der Waals surface area contributed by atoms with Crippen molar-refractivity contribution in [2.75, 3.05) is 6.54 Å². The topological polar surface area (TPSA) is 81.4 Å². The van der Waals surface area contributed by atoms with Gasteiger partial charge >= 0.3 is 0 Å². The fourth-order valence-corrected chi connectivity index (χ4v) is 8.42. The normalized spacial score (nSPS) is 25.0. The van der Waals surface area contributed by atoms with Crippen LogP contribution in [0.2, 0.25) is 0 Å². The molecule has 2 saturated carbocycles. The van der Waals surface area contributed by atoms with Gasteiger partial charge in [-0.3, -0.25) is 0 Å². The summed E-state index contributed by atoms with van der Waals surface area (Å²) < 4.78 is 32.2. The third kappa shape index (κ3) is 5.27. The molecule has 0 radical (unpaired) electrons. The van der Waals surface area contributed by atoms with Crippen LogP contribution in [0.4, 0.5) is 8.78 Å². The maximum absolute atomic E-state index is 16.1. The highest BCUT2D eigenvalue weighted by Crippen LogP contribution is 2.55. The molecule has 4 fully saturated rings. The molecule has 12 heteroatoms. The second kappa shape index (κ2) is 12.0. The summed E-state index contributed by atoms with van der Waals surface area (Å²) in [6.45, 7) is 1.04. The lowest BCUT2D eigenvalue weighted by atomic mass is 9.98. The molecule has 3 aromatic carbocycles. The van der Waals surface area contributed by atoms with Gasteiger partial charge in [0.1, 0.15) is 11.6 Å². The van der Waals surface area contributed by atoms with Crippen molar-refractivity contribution in [3.05, 3.63) is 83.6 Å². The van der Waals surface area contributed by atoms with Gasteiger partial charge in [-0.15, -0.1) is 49.6 Å². The molecule has 2 aliphatic heterocycles. The van der Waals surface area contributed by atoms with E-state index >= 15 is 8.78 Å². The number of imidazole rings is 2. The molecule has 5 aliphatic rings. The van der Waals surface area contributed by atoms with Crippen LogP contribution in [0.15, 0.2) is 60.8 Å². The van der Waals surface area contributed by atoms with Crippen LogP contribution in [-0.2, 0) is 5.92 Å². The van der Waals surface area contributed by atoms with Gasteiger partial charge in [0.05, 0.1) is 35.0 Å². The van der Waals surface area contributed by atoms with Crippen molar-refractivity contribution in [1.82, 2.24) is 30.6 Å². The molecule has 2 aromatic heterocycles. The summed E-state index contributed by atoms with van der Waals surface area (Å²) in [5.41, 5.74) is 6.79. The van der Waals surface area contributed by atoms with Crippen molar-refractivity contribution in [3.8, 4) is 33.5 Å². The predicted molar refractivity (Wildman–Crippen MR) is 191 cm³/mol. The Labute approximate surface area is 296 Å². The predicted octanol–water partition coefficient (Wildman–Crippen LogP) is 9.06. The minimum absolute atomic E-state index is 0. The quantitative estimate of drug-likeness (QED) is 0.149. The van der Waals surface area contributed by atoms with Crippen LogP contribution in [0.5, 0.6) is 0 Å². The summed E-state index contributed by atoms with van der Waals surface area (Å²) in [6, 6.07) is 18.0. The zero-order valence-electron chi connectivity index (χ0n) is 25.3. The molecule has 3 aliphatic carbocycles. The average molecular weight is 721 g/mol. The van der Waals surface area contributed by atoms with Gasteiger partial charge < -0.3 is 20.6 Å². The van der Waals surface area contributed by atoms with Crippen molar-refractivity contribution in [2.45, 2.75) is 62.6 Å². The molecule has 1 spiro atoms. The number of nitrogens with zero attached hydrogens (tertiary/aromatic N) is 2. The van der Waals surface area contributed by atoms with Gasteiger partial charge in [0.25, 0.3) is 5.92 Å². The van der Waals surface area contributed by atoms with Crippen LogP contribution in [0.25, 0.3) is 44.5 Å². The molecular formula is C35H36Cl4F2N6. The summed E-state index contributed by atoms with van der Waals surface area (Å²) >= 11 is 0. The molecule has 248 valence electrons. The second-order valence-electron chi connectivity index (χ2n) is 13.7. The van der Waals surface area contributed by atoms with Crippen molar-refractivity contribution in [3.63, 3.8) is 0 Å². The zero-order chi connectivity index (χ0) is 28.5. The second-order valence-corrected chi connectivity index (χ2v) is 13.7. The zero-order valence-corrected chi connectivity index (χ0v) is 28.6. The lowest BCUT2D eigenvalue weighted by Crippen LogP contribution is -2.29. The fourth-order valence-electron chi connectivity index (χ4n) is 8.42. The summed E-state index contributed by atoms with van der Waals surface area (Å²) in [7, 11) is 0. The molecule has 6 nitrogen and oxygen atoms in total. The number of H-pyrrole nitrogens is 2. The van der Waals surface area contributed by atoms with E-state index in [0.717, 1.165) is 58.0 Å². The number of piperidine rings is 1. The number of alkyl halides is 2. The number of rotatable bonds is 4. The summed E-state index contributed by atoms with van der Waals surface area (Å²) in [5.74, 6) is -0.571. The van der Waals surface area contributed by atoms with Gasteiger partial charge in [-0.05, 0) is 96.4 Å². The van der Waals surface area contributed by atoms with E-state index in [1.165, 1.54) is 32.1 Å². The first kappa shape index (κ1) is 34.2. The maximum atomic E-state index is 16.1. The summed E-state index contributed by atoms with van der Waals surface area (Å²) in [5, 5.41) is 7.29. The lowest BCUT2D eigenvalue weighted by Gasteiger charge is -2.20. The molecule has 2 saturated heterocycles. The smallest absolute Gasteiger partial charge is 0.299 e. The van der Waals surface area contributed by atoms with E-state index in [4.69, 9.17) is 4.98 Å². The third-order valence-corrected chi connectivity index (χ3v) is 11.0. The van der Waals surface area contributed by atoms with Crippen LogP contribution < -0.4 is 10.6 Å². The minimum Gasteiger partial charge on any atom is -0.341 e. The van der Waals surface area contributed by atoms with E-state index < -0.39 is 5.92 Å². The Morgan fingerprint density at radius 1 is 0.766 bits per heavy atom. The van der Waals surface area contributed by atoms with E-state index in [1.807, 2.05) is 42.5 Å². The van der Waals surface area contributed by atoms with E-state index in [9.17, 15) is 0 Å². The van der Waals surface area contributed by atoms with Crippen LogP contribution in [0, 0.1) is 11.3 Å². The molecule has 2 bridgehead atoms. The molecule has 4 heterocycles. The van der Waals surface area contributed by atoms with E-state index in [-0.39, 0.29) is 72.8 Å². The Morgan fingerprint density at radius 3 is 2.15 bits per heavy atom. The Morgan fingerprint density at radius 2 is 1.47 bits per heavy atom. The number of fused-ring (bicyclic) bond motifs is 6. The number of benzene rings is 3. The molecule has 47 heavy (non-hydrogen) atoms. The van der Waals surface area contributed by atoms with E-state index in [1.54, 1.807) is 18.3 Å². The molecule has 0 amide bonds. The Hall–Kier alpha value is -2.72. The van der Waals surface area contributed by atoms with Gasteiger partial charge in [0, 0.05) is 29.3 Å². The number of aromatic amines is 2. The van der Waals surface area contributed by atoms with Crippen molar-refractivity contribution in [1.29, 1.82) is 0 Å². The number of hydrogen-bond acceptors (Lipinski definition) is 4. The van der Waals surface area contributed by atoms with Gasteiger partial charge in [-0.2, -0.15) is 8.78 Å². The van der Waals surface area contributed by atoms with Crippen LogP contribution in [0.3, 0.4) is 0 Å². The van der Waals surface area contributed by atoms with Crippen molar-refractivity contribution < 1.29 is 8.78 Å². The molecule has 0 unspecified atom stereocenters. The first-order valence-corrected chi connectivity index (χ1v) is 15.6. The highest BCUT2D eigenvalue weighted by atomic mass is 35.5. The monoisotopic (exact) mass is 718 g/mol. The molecule has 4 N–H and O–H groups in total. The first-order valence-electron chi connectivity index (χ1n) is 15.6. The SMILES string of the molecule is Cl.Cl.Cl.Cl.FC1(F)c2cc(-c3ccc4nc([C@H]5N[C@@H]6CC[C@H]5C6)[nH]c4c3)ccc2-c2ccc(-c3cnc([C@@H]4CC5(CC5)CN4)[nH]3)cc21. The fraction of sp³-hybridized carbons (Fsp3) is 0.371. The Bertz CT molecular complexity index is 1970.